The number of ether oxygens (including phenoxy) is 1. The van der Waals surface area contributed by atoms with E-state index in [1.165, 1.54) is 13.2 Å². The first-order chi connectivity index (χ1) is 6.11. The minimum absolute atomic E-state index is 0.239. The molecule has 2 nitrogen and oxygen atoms in total. The molecule has 0 saturated heterocycles. The molecule has 0 aliphatic heterocycles. The van der Waals surface area contributed by atoms with E-state index in [2.05, 4.69) is 15.9 Å². The lowest BCUT2D eigenvalue weighted by molar-refractivity contribution is 0.381. The lowest BCUT2D eigenvalue weighted by Gasteiger charge is -2.12. The second-order valence-electron chi connectivity index (χ2n) is 2.68. The monoisotopic (exact) mass is 247 g/mol. The van der Waals surface area contributed by atoms with Crippen LogP contribution in [0.1, 0.15) is 11.1 Å². The van der Waals surface area contributed by atoms with Crippen LogP contribution in [0.25, 0.3) is 0 Å². The minimum atomic E-state index is -0.388. The summed E-state index contributed by atoms with van der Waals surface area (Å²) in [5, 5.41) is 0. The fraction of sp³-hybridized carbons (Fsp3) is 0.333. The van der Waals surface area contributed by atoms with Crippen molar-refractivity contribution in [3.63, 3.8) is 0 Å². The Hall–Kier alpha value is -0.610. The molecule has 0 unspecified atom stereocenters. The first-order valence-corrected chi connectivity index (χ1v) is 4.62. The van der Waals surface area contributed by atoms with Crippen LogP contribution in [0.5, 0.6) is 5.75 Å². The van der Waals surface area contributed by atoms with Crippen molar-refractivity contribution in [2.75, 3.05) is 7.11 Å². The maximum Gasteiger partial charge on any atom is 0.166 e. The standard InChI is InChI=1S/C9H11BrFNO/c1-5-6(4-12)9(13-2)8(11)3-7(5)10/h3H,4,12H2,1-2H3. The van der Waals surface area contributed by atoms with Gasteiger partial charge in [0.25, 0.3) is 0 Å². The number of methoxy groups -OCH3 is 1. The highest BCUT2D eigenvalue weighted by Crippen LogP contribution is 2.30. The van der Waals surface area contributed by atoms with E-state index in [1.807, 2.05) is 6.92 Å². The van der Waals surface area contributed by atoms with Crippen molar-refractivity contribution < 1.29 is 9.13 Å². The molecular weight excluding hydrogens is 237 g/mol. The molecule has 0 amide bonds. The summed E-state index contributed by atoms with van der Waals surface area (Å²) in [6.45, 7) is 2.14. The van der Waals surface area contributed by atoms with Crippen molar-refractivity contribution in [1.82, 2.24) is 0 Å². The van der Waals surface area contributed by atoms with Crippen LogP contribution in [-0.2, 0) is 6.54 Å². The summed E-state index contributed by atoms with van der Waals surface area (Å²) in [4.78, 5) is 0. The third kappa shape index (κ3) is 1.84. The average molecular weight is 248 g/mol. The van der Waals surface area contributed by atoms with Crippen molar-refractivity contribution in [2.45, 2.75) is 13.5 Å². The van der Waals surface area contributed by atoms with Gasteiger partial charge < -0.3 is 10.5 Å². The fourth-order valence-electron chi connectivity index (χ4n) is 1.21. The number of rotatable bonds is 2. The highest BCUT2D eigenvalue weighted by molar-refractivity contribution is 9.10. The lowest BCUT2D eigenvalue weighted by Crippen LogP contribution is -2.04. The highest BCUT2D eigenvalue weighted by atomic mass is 79.9. The normalized spacial score (nSPS) is 10.2. The lowest BCUT2D eigenvalue weighted by atomic mass is 10.1. The average Bonchev–Trinajstić information content (AvgIpc) is 2.10. The van der Waals surface area contributed by atoms with Crippen molar-refractivity contribution in [3.05, 3.63) is 27.5 Å². The van der Waals surface area contributed by atoms with Crippen LogP contribution in [-0.4, -0.2) is 7.11 Å². The Kier molecular flexibility index (Phi) is 3.27. The van der Waals surface area contributed by atoms with Crippen LogP contribution in [0.4, 0.5) is 4.39 Å². The van der Waals surface area contributed by atoms with Gasteiger partial charge in [-0.2, -0.15) is 0 Å². The number of nitrogens with two attached hydrogens (primary N) is 1. The molecule has 1 rings (SSSR count). The predicted octanol–water partition coefficient (Wildman–Crippen LogP) is 2.36. The second-order valence-corrected chi connectivity index (χ2v) is 3.54. The molecule has 1 aromatic carbocycles. The van der Waals surface area contributed by atoms with Gasteiger partial charge in [-0.3, -0.25) is 0 Å². The van der Waals surface area contributed by atoms with E-state index >= 15 is 0 Å². The molecule has 0 aromatic heterocycles. The van der Waals surface area contributed by atoms with E-state index in [1.54, 1.807) is 0 Å². The molecule has 2 N–H and O–H groups in total. The van der Waals surface area contributed by atoms with Crippen LogP contribution in [0.3, 0.4) is 0 Å². The summed E-state index contributed by atoms with van der Waals surface area (Å²) < 4.78 is 18.9. The molecule has 4 heteroatoms. The van der Waals surface area contributed by atoms with E-state index in [0.29, 0.717) is 10.0 Å². The first-order valence-electron chi connectivity index (χ1n) is 3.83. The van der Waals surface area contributed by atoms with Crippen LogP contribution in [0.15, 0.2) is 10.5 Å². The predicted molar refractivity (Wildman–Crippen MR) is 53.3 cm³/mol. The molecular formula is C9H11BrFNO. The number of benzene rings is 1. The summed E-state index contributed by atoms with van der Waals surface area (Å²) in [7, 11) is 1.44. The van der Waals surface area contributed by atoms with Crippen molar-refractivity contribution in [3.8, 4) is 5.75 Å². The van der Waals surface area contributed by atoms with Crippen molar-refractivity contribution in [2.24, 2.45) is 5.73 Å². The van der Waals surface area contributed by atoms with Gasteiger partial charge in [0.2, 0.25) is 0 Å². The van der Waals surface area contributed by atoms with Gasteiger partial charge in [0.1, 0.15) is 0 Å². The zero-order chi connectivity index (χ0) is 10.0. The van der Waals surface area contributed by atoms with E-state index < -0.39 is 0 Å². The van der Waals surface area contributed by atoms with E-state index in [0.717, 1.165) is 5.56 Å². The van der Waals surface area contributed by atoms with E-state index in [9.17, 15) is 4.39 Å². The molecule has 0 spiro atoms. The van der Waals surface area contributed by atoms with Gasteiger partial charge in [0, 0.05) is 16.6 Å². The fourth-order valence-corrected chi connectivity index (χ4v) is 1.65. The molecule has 0 radical (unpaired) electrons. The Labute approximate surface area is 85.0 Å². The summed E-state index contributed by atoms with van der Waals surface area (Å²) in [5.41, 5.74) is 7.12. The van der Waals surface area contributed by atoms with Gasteiger partial charge >= 0.3 is 0 Å². The molecule has 0 aliphatic rings. The zero-order valence-electron chi connectivity index (χ0n) is 7.53. The molecule has 1 aromatic rings. The van der Waals surface area contributed by atoms with Gasteiger partial charge in [-0.1, -0.05) is 15.9 Å². The van der Waals surface area contributed by atoms with E-state index in [-0.39, 0.29) is 18.1 Å². The topological polar surface area (TPSA) is 35.2 Å². The number of hydrogen-bond acceptors (Lipinski definition) is 2. The van der Waals surface area contributed by atoms with Gasteiger partial charge in [0.15, 0.2) is 11.6 Å². The van der Waals surface area contributed by atoms with Gasteiger partial charge in [0.05, 0.1) is 7.11 Å². The van der Waals surface area contributed by atoms with Crippen LogP contribution in [0, 0.1) is 12.7 Å². The van der Waals surface area contributed by atoms with Gasteiger partial charge in [-0.05, 0) is 18.6 Å². The summed E-state index contributed by atoms with van der Waals surface area (Å²) in [6, 6.07) is 1.38. The SMILES string of the molecule is COc1c(F)cc(Br)c(C)c1CN. The smallest absolute Gasteiger partial charge is 0.166 e. The van der Waals surface area contributed by atoms with Gasteiger partial charge in [-0.25, -0.2) is 4.39 Å². The molecule has 13 heavy (non-hydrogen) atoms. The van der Waals surface area contributed by atoms with Crippen LogP contribution in [0.2, 0.25) is 0 Å². The van der Waals surface area contributed by atoms with Gasteiger partial charge in [-0.15, -0.1) is 0 Å². The third-order valence-corrected chi connectivity index (χ3v) is 2.79. The maximum atomic E-state index is 13.3. The Morgan fingerprint density at radius 3 is 2.69 bits per heavy atom. The Morgan fingerprint density at radius 2 is 2.23 bits per heavy atom. The largest absolute Gasteiger partial charge is 0.493 e. The number of halogens is 2. The Bertz CT molecular complexity index is 328. The molecule has 0 fully saturated rings. The van der Waals surface area contributed by atoms with E-state index in [4.69, 9.17) is 10.5 Å². The first kappa shape index (κ1) is 10.5. The van der Waals surface area contributed by atoms with Crippen molar-refractivity contribution in [1.29, 1.82) is 0 Å². The van der Waals surface area contributed by atoms with Crippen LogP contribution < -0.4 is 10.5 Å². The molecule has 72 valence electrons. The summed E-state index contributed by atoms with van der Waals surface area (Å²) >= 11 is 3.25. The number of hydrogen-bond donors (Lipinski definition) is 1. The minimum Gasteiger partial charge on any atom is -0.493 e. The third-order valence-electron chi connectivity index (χ3n) is 1.96. The molecule has 0 bridgehead atoms. The Morgan fingerprint density at radius 1 is 1.62 bits per heavy atom. The van der Waals surface area contributed by atoms with Crippen LogP contribution >= 0.6 is 15.9 Å². The molecule has 0 heterocycles. The zero-order valence-corrected chi connectivity index (χ0v) is 9.11. The highest BCUT2D eigenvalue weighted by Gasteiger charge is 2.13. The molecule has 0 aliphatic carbocycles. The summed E-state index contributed by atoms with van der Waals surface area (Å²) in [6.07, 6.45) is 0. The maximum absolute atomic E-state index is 13.3. The van der Waals surface area contributed by atoms with Crippen molar-refractivity contribution >= 4 is 15.9 Å². The quantitative estimate of drug-likeness (QED) is 0.871. The summed E-state index contributed by atoms with van der Waals surface area (Å²) in [5.74, 6) is -0.149. The molecule has 0 saturated carbocycles. The molecule has 0 atom stereocenters. The Balaban J connectivity index is 3.41. The second kappa shape index (κ2) is 4.07.